The summed E-state index contributed by atoms with van der Waals surface area (Å²) in [6.07, 6.45) is 0.431. The predicted octanol–water partition coefficient (Wildman–Crippen LogP) is 1.38. The van der Waals surface area contributed by atoms with E-state index in [1.54, 1.807) is 24.3 Å². The zero-order chi connectivity index (χ0) is 15.2. The molecule has 0 radical (unpaired) electrons. The Morgan fingerprint density at radius 3 is 2.62 bits per heavy atom. The Labute approximate surface area is 121 Å². The number of furan rings is 1. The number of hydrogen-bond acceptors (Lipinski definition) is 4. The summed E-state index contributed by atoms with van der Waals surface area (Å²) < 4.78 is 5.00. The molecular weight excluding hydrogens is 272 g/mol. The highest BCUT2D eigenvalue weighted by molar-refractivity contribution is 6.39. The molecule has 3 N–H and O–H groups in total. The quantitative estimate of drug-likeness (QED) is 0.741. The Kier molecular flexibility index (Phi) is 4.73. The molecule has 6 nitrogen and oxygen atoms in total. The molecular formula is C15H16N2O4. The van der Waals surface area contributed by atoms with Gasteiger partial charge < -0.3 is 20.2 Å². The number of amides is 2. The second-order valence-electron chi connectivity index (χ2n) is 4.51. The van der Waals surface area contributed by atoms with Gasteiger partial charge in [-0.25, -0.2) is 0 Å². The maximum atomic E-state index is 11.7. The third-order valence-electron chi connectivity index (χ3n) is 2.93. The molecule has 110 valence electrons. The summed E-state index contributed by atoms with van der Waals surface area (Å²) >= 11 is 0. The number of rotatable bonds is 4. The monoisotopic (exact) mass is 288 g/mol. The minimum atomic E-state index is -0.991. The van der Waals surface area contributed by atoms with E-state index in [4.69, 9.17) is 4.42 Å². The molecule has 1 aromatic heterocycles. The van der Waals surface area contributed by atoms with Crippen LogP contribution in [-0.2, 0) is 9.59 Å². The van der Waals surface area contributed by atoms with Crippen molar-refractivity contribution in [2.45, 2.75) is 13.0 Å². The summed E-state index contributed by atoms with van der Waals surface area (Å²) in [5.41, 5.74) is 1.43. The number of anilines is 1. The van der Waals surface area contributed by atoms with Crippen molar-refractivity contribution in [2.75, 3.05) is 11.9 Å². The van der Waals surface area contributed by atoms with E-state index in [0.717, 1.165) is 5.56 Å². The average molecular weight is 288 g/mol. The van der Waals surface area contributed by atoms with Crippen LogP contribution in [0.25, 0.3) is 0 Å². The minimum Gasteiger partial charge on any atom is -0.467 e. The van der Waals surface area contributed by atoms with Gasteiger partial charge in [0.05, 0.1) is 12.8 Å². The van der Waals surface area contributed by atoms with Gasteiger partial charge in [0.15, 0.2) is 0 Å². The van der Waals surface area contributed by atoms with Gasteiger partial charge in [-0.15, -0.1) is 0 Å². The highest BCUT2D eigenvalue weighted by atomic mass is 16.4. The van der Waals surface area contributed by atoms with Gasteiger partial charge in [-0.1, -0.05) is 18.2 Å². The molecule has 2 aromatic rings. The van der Waals surface area contributed by atoms with E-state index < -0.39 is 17.9 Å². The Morgan fingerprint density at radius 2 is 1.95 bits per heavy atom. The first-order valence-electron chi connectivity index (χ1n) is 6.44. The van der Waals surface area contributed by atoms with E-state index in [2.05, 4.69) is 10.6 Å². The van der Waals surface area contributed by atoms with Crippen molar-refractivity contribution in [1.82, 2.24) is 5.32 Å². The van der Waals surface area contributed by atoms with Crippen LogP contribution in [0, 0.1) is 6.92 Å². The van der Waals surface area contributed by atoms with Gasteiger partial charge in [0, 0.05) is 5.69 Å². The fourth-order valence-corrected chi connectivity index (χ4v) is 1.74. The topological polar surface area (TPSA) is 91.6 Å². The summed E-state index contributed by atoms with van der Waals surface area (Å²) in [6.45, 7) is 1.72. The van der Waals surface area contributed by atoms with E-state index in [1.165, 1.54) is 6.26 Å². The Morgan fingerprint density at radius 1 is 1.19 bits per heavy atom. The SMILES string of the molecule is Cc1ccccc1NC(=O)C(=O)NCC(O)c1ccco1. The molecule has 1 atom stereocenters. The molecule has 0 saturated carbocycles. The van der Waals surface area contributed by atoms with Gasteiger partial charge >= 0.3 is 11.8 Å². The number of aliphatic hydroxyl groups excluding tert-OH is 1. The molecule has 0 spiro atoms. The predicted molar refractivity (Wildman–Crippen MR) is 76.5 cm³/mol. The fourth-order valence-electron chi connectivity index (χ4n) is 1.74. The van der Waals surface area contributed by atoms with Gasteiger partial charge in [-0.05, 0) is 30.7 Å². The third kappa shape index (κ3) is 3.93. The lowest BCUT2D eigenvalue weighted by Crippen LogP contribution is -2.37. The van der Waals surface area contributed by atoms with Crippen molar-refractivity contribution >= 4 is 17.5 Å². The van der Waals surface area contributed by atoms with Crippen LogP contribution in [-0.4, -0.2) is 23.5 Å². The number of carbonyl (C=O) groups excluding carboxylic acids is 2. The normalized spacial score (nSPS) is 11.7. The van der Waals surface area contributed by atoms with Crippen LogP contribution in [0.15, 0.2) is 47.1 Å². The minimum absolute atomic E-state index is 0.104. The lowest BCUT2D eigenvalue weighted by Gasteiger charge is -2.10. The lowest BCUT2D eigenvalue weighted by atomic mass is 10.2. The summed E-state index contributed by atoms with van der Waals surface area (Å²) in [6, 6.07) is 10.4. The molecule has 0 bridgehead atoms. The molecule has 1 aromatic carbocycles. The van der Waals surface area contributed by atoms with E-state index in [-0.39, 0.29) is 6.54 Å². The van der Waals surface area contributed by atoms with Gasteiger partial charge in [0.2, 0.25) is 0 Å². The Hall–Kier alpha value is -2.60. The molecule has 6 heteroatoms. The number of carbonyl (C=O) groups is 2. The van der Waals surface area contributed by atoms with Gasteiger partial charge in [0.25, 0.3) is 0 Å². The standard InChI is InChI=1S/C15H16N2O4/c1-10-5-2-3-6-11(10)17-15(20)14(19)16-9-12(18)13-7-4-8-21-13/h2-8,12,18H,9H2,1H3,(H,16,19)(H,17,20). The number of benzene rings is 1. The maximum absolute atomic E-state index is 11.7. The molecule has 0 fully saturated rings. The largest absolute Gasteiger partial charge is 0.467 e. The average Bonchev–Trinajstić information content (AvgIpc) is 3.01. The second kappa shape index (κ2) is 6.71. The van der Waals surface area contributed by atoms with Crippen LogP contribution in [0.1, 0.15) is 17.4 Å². The lowest BCUT2D eigenvalue weighted by molar-refractivity contribution is -0.136. The van der Waals surface area contributed by atoms with Crippen LogP contribution in [0.2, 0.25) is 0 Å². The van der Waals surface area contributed by atoms with Crippen molar-refractivity contribution in [3.05, 3.63) is 54.0 Å². The van der Waals surface area contributed by atoms with Crippen molar-refractivity contribution in [2.24, 2.45) is 0 Å². The highest BCUT2D eigenvalue weighted by Crippen LogP contribution is 2.13. The number of para-hydroxylation sites is 1. The van der Waals surface area contributed by atoms with Crippen molar-refractivity contribution in [3.63, 3.8) is 0 Å². The van der Waals surface area contributed by atoms with Crippen molar-refractivity contribution < 1.29 is 19.1 Å². The summed E-state index contributed by atoms with van der Waals surface area (Å²) in [4.78, 5) is 23.4. The second-order valence-corrected chi connectivity index (χ2v) is 4.51. The molecule has 21 heavy (non-hydrogen) atoms. The summed E-state index contributed by atoms with van der Waals surface area (Å²) in [7, 11) is 0. The zero-order valence-electron chi connectivity index (χ0n) is 11.5. The maximum Gasteiger partial charge on any atom is 0.313 e. The Balaban J connectivity index is 1.86. The Bertz CT molecular complexity index is 622. The zero-order valence-corrected chi connectivity index (χ0v) is 11.5. The van der Waals surface area contributed by atoms with Crippen LogP contribution in [0.4, 0.5) is 5.69 Å². The molecule has 1 heterocycles. The van der Waals surface area contributed by atoms with Crippen LogP contribution in [0.3, 0.4) is 0 Å². The van der Waals surface area contributed by atoms with E-state index in [0.29, 0.717) is 11.4 Å². The molecule has 2 amide bonds. The van der Waals surface area contributed by atoms with Crippen LogP contribution >= 0.6 is 0 Å². The van der Waals surface area contributed by atoms with Crippen molar-refractivity contribution in [1.29, 1.82) is 0 Å². The molecule has 2 rings (SSSR count). The van der Waals surface area contributed by atoms with Gasteiger partial charge in [0.1, 0.15) is 11.9 Å². The third-order valence-corrected chi connectivity index (χ3v) is 2.93. The molecule has 0 aliphatic carbocycles. The first-order chi connectivity index (χ1) is 10.1. The molecule has 1 unspecified atom stereocenters. The molecule has 0 aliphatic rings. The van der Waals surface area contributed by atoms with Gasteiger partial charge in [-0.2, -0.15) is 0 Å². The smallest absolute Gasteiger partial charge is 0.313 e. The highest BCUT2D eigenvalue weighted by Gasteiger charge is 2.17. The van der Waals surface area contributed by atoms with Gasteiger partial charge in [-0.3, -0.25) is 9.59 Å². The molecule has 0 saturated heterocycles. The van der Waals surface area contributed by atoms with Crippen LogP contribution in [0.5, 0.6) is 0 Å². The van der Waals surface area contributed by atoms with E-state index in [1.807, 2.05) is 19.1 Å². The summed E-state index contributed by atoms with van der Waals surface area (Å²) in [5, 5.41) is 14.6. The molecule has 0 aliphatic heterocycles. The number of hydrogen-bond donors (Lipinski definition) is 3. The van der Waals surface area contributed by atoms with Crippen molar-refractivity contribution in [3.8, 4) is 0 Å². The first kappa shape index (κ1) is 14.8. The van der Waals surface area contributed by atoms with Crippen LogP contribution < -0.4 is 10.6 Å². The number of aliphatic hydroxyl groups is 1. The first-order valence-corrected chi connectivity index (χ1v) is 6.44. The summed E-state index contributed by atoms with van der Waals surface area (Å²) in [5.74, 6) is -1.27. The number of aryl methyl sites for hydroxylation is 1. The fraction of sp³-hybridized carbons (Fsp3) is 0.200. The van der Waals surface area contributed by atoms with E-state index in [9.17, 15) is 14.7 Å². The van der Waals surface area contributed by atoms with E-state index >= 15 is 0 Å². The number of nitrogens with one attached hydrogen (secondary N) is 2.